The monoisotopic (exact) mass is 563 g/mol. The van der Waals surface area contributed by atoms with Gasteiger partial charge in [-0.15, -0.1) is 24.0 Å². The van der Waals surface area contributed by atoms with E-state index in [4.69, 9.17) is 0 Å². The van der Waals surface area contributed by atoms with E-state index in [9.17, 15) is 9.59 Å². The largest absolute Gasteiger partial charge is 0.366 e. The molecule has 0 spiro atoms. The summed E-state index contributed by atoms with van der Waals surface area (Å²) in [7, 11) is 1.77. The molecule has 33 heavy (non-hydrogen) atoms. The second-order valence-electron chi connectivity index (χ2n) is 9.48. The molecule has 2 amide bonds. The Hall–Kier alpha value is -2.10. The summed E-state index contributed by atoms with van der Waals surface area (Å²) in [4.78, 5) is 33.8. The summed E-state index contributed by atoms with van der Waals surface area (Å²) < 4.78 is 0. The van der Waals surface area contributed by atoms with Gasteiger partial charge < -0.3 is 15.5 Å². The number of carbonyl (C=O) groups is 2. The van der Waals surface area contributed by atoms with Gasteiger partial charge in [-0.1, -0.05) is 30.4 Å². The Kier molecular flexibility index (Phi) is 7.31. The van der Waals surface area contributed by atoms with Crippen LogP contribution in [0.25, 0.3) is 0 Å². The number of hydrogen-bond acceptors (Lipinski definition) is 4. The van der Waals surface area contributed by atoms with E-state index in [0.29, 0.717) is 19.1 Å². The highest BCUT2D eigenvalue weighted by atomic mass is 127. The smallest absolute Gasteiger partial charge is 0.233 e. The topological polar surface area (TPSA) is 77.0 Å². The number of imide groups is 1. The number of nitrogens with one attached hydrogen (secondary N) is 2. The van der Waals surface area contributed by atoms with Crippen molar-refractivity contribution < 1.29 is 9.59 Å². The summed E-state index contributed by atoms with van der Waals surface area (Å²) in [5.41, 5.74) is 2.75. The van der Waals surface area contributed by atoms with Crippen molar-refractivity contribution in [3.05, 3.63) is 42.0 Å². The van der Waals surface area contributed by atoms with Gasteiger partial charge >= 0.3 is 0 Å². The number of anilines is 1. The number of likely N-dealkylation sites (tertiary alicyclic amines) is 1. The number of allylic oxidation sites excluding steroid dienone is 2. The Bertz CT molecular complexity index is 934. The van der Waals surface area contributed by atoms with Gasteiger partial charge in [0.25, 0.3) is 0 Å². The van der Waals surface area contributed by atoms with E-state index in [2.05, 4.69) is 63.9 Å². The molecule has 2 N–H and O–H groups in total. The molecule has 1 aromatic rings. The highest BCUT2D eigenvalue weighted by molar-refractivity contribution is 14.0. The maximum absolute atomic E-state index is 12.8. The van der Waals surface area contributed by atoms with E-state index in [1.165, 1.54) is 16.2 Å². The highest BCUT2D eigenvalue weighted by Crippen LogP contribution is 2.52. The van der Waals surface area contributed by atoms with E-state index < -0.39 is 0 Å². The Morgan fingerprint density at radius 3 is 2.52 bits per heavy atom. The van der Waals surface area contributed by atoms with Crippen LogP contribution in [0, 0.1) is 23.7 Å². The SMILES string of the molecule is CN=C(NCCCN1C(=O)C2C3C=CC(C3)C2C1=O)NCC(C)N1CCc2ccccc21.I. The van der Waals surface area contributed by atoms with Crippen molar-refractivity contribution in [3.63, 3.8) is 0 Å². The average Bonchev–Trinajstić information content (AvgIpc) is 3.57. The van der Waals surface area contributed by atoms with Gasteiger partial charge in [0.1, 0.15) is 0 Å². The molecule has 2 aliphatic heterocycles. The van der Waals surface area contributed by atoms with Crippen LogP contribution in [0.15, 0.2) is 41.4 Å². The molecule has 1 aromatic carbocycles. The number of halogens is 1. The molecule has 1 saturated heterocycles. The summed E-state index contributed by atoms with van der Waals surface area (Å²) in [5.74, 6) is 1.18. The summed E-state index contributed by atoms with van der Waals surface area (Å²) >= 11 is 0. The summed E-state index contributed by atoms with van der Waals surface area (Å²) in [6.07, 6.45) is 7.07. The Morgan fingerprint density at radius 1 is 1.12 bits per heavy atom. The number of amides is 2. The number of aliphatic imine (C=N–C) groups is 1. The summed E-state index contributed by atoms with van der Waals surface area (Å²) in [6, 6.07) is 8.96. The molecule has 5 unspecified atom stereocenters. The number of rotatable bonds is 7. The number of benzene rings is 1. The van der Waals surface area contributed by atoms with E-state index >= 15 is 0 Å². The van der Waals surface area contributed by atoms with Gasteiger partial charge in [-0.25, -0.2) is 0 Å². The molecule has 7 nitrogen and oxygen atoms in total. The number of fused-ring (bicyclic) bond motifs is 6. The Balaban J connectivity index is 0.00000259. The fraction of sp³-hybridized carbons (Fsp3) is 0.560. The molecule has 0 radical (unpaired) electrons. The maximum Gasteiger partial charge on any atom is 0.233 e. The first-order chi connectivity index (χ1) is 15.6. The van der Waals surface area contributed by atoms with E-state index in [1.54, 1.807) is 7.05 Å². The van der Waals surface area contributed by atoms with Gasteiger partial charge in [-0.3, -0.25) is 19.5 Å². The molecule has 8 heteroatoms. The third-order valence-electron chi connectivity index (χ3n) is 7.66. The molecule has 1 saturated carbocycles. The van der Waals surface area contributed by atoms with Crippen LogP contribution in [-0.4, -0.2) is 61.9 Å². The highest BCUT2D eigenvalue weighted by Gasteiger charge is 2.58. The second-order valence-corrected chi connectivity index (χ2v) is 9.48. The molecular formula is C25H34IN5O2. The lowest BCUT2D eigenvalue weighted by Gasteiger charge is -2.28. The minimum Gasteiger partial charge on any atom is -0.366 e. The lowest BCUT2D eigenvalue weighted by atomic mass is 9.85. The normalized spacial score (nSPS) is 28.1. The molecular weight excluding hydrogens is 529 g/mol. The molecule has 2 bridgehead atoms. The average molecular weight is 563 g/mol. The molecule has 0 aromatic heterocycles. The van der Waals surface area contributed by atoms with Crippen molar-refractivity contribution in [2.45, 2.75) is 32.2 Å². The third-order valence-corrected chi connectivity index (χ3v) is 7.66. The van der Waals surface area contributed by atoms with Crippen LogP contribution in [0.1, 0.15) is 25.3 Å². The molecule has 4 aliphatic rings. The van der Waals surface area contributed by atoms with Gasteiger partial charge in [-0.2, -0.15) is 0 Å². The first kappa shape index (κ1) is 24.0. The van der Waals surface area contributed by atoms with Gasteiger partial charge in [0, 0.05) is 45.0 Å². The van der Waals surface area contributed by atoms with Gasteiger partial charge in [0.05, 0.1) is 11.8 Å². The number of hydrogen-bond donors (Lipinski definition) is 2. The van der Waals surface area contributed by atoms with Crippen LogP contribution >= 0.6 is 24.0 Å². The van der Waals surface area contributed by atoms with Crippen LogP contribution in [-0.2, 0) is 16.0 Å². The first-order valence-electron chi connectivity index (χ1n) is 11.9. The fourth-order valence-corrected chi connectivity index (χ4v) is 6.03. The minimum absolute atomic E-state index is 0. The molecule has 2 fully saturated rings. The predicted octanol–water partition coefficient (Wildman–Crippen LogP) is 2.42. The van der Waals surface area contributed by atoms with Crippen molar-refractivity contribution in [1.82, 2.24) is 15.5 Å². The Morgan fingerprint density at radius 2 is 1.82 bits per heavy atom. The lowest BCUT2D eigenvalue weighted by molar-refractivity contribution is -0.140. The van der Waals surface area contributed by atoms with E-state index in [1.807, 2.05) is 0 Å². The van der Waals surface area contributed by atoms with Crippen LogP contribution < -0.4 is 15.5 Å². The van der Waals surface area contributed by atoms with Crippen LogP contribution in [0.4, 0.5) is 5.69 Å². The third kappa shape index (κ3) is 4.38. The standard InChI is InChI=1S/C25H33N5O2.HI/c1-16(29-13-10-17-6-3-4-7-20(17)29)15-28-25(26-2)27-11-5-12-30-23(31)21-18-8-9-19(14-18)22(21)24(30)32;/h3-4,6-9,16,18-19,21-22H,5,10-15H2,1-2H3,(H2,26,27,28);1H. The van der Waals surface area contributed by atoms with E-state index in [-0.39, 0.29) is 59.5 Å². The first-order valence-corrected chi connectivity index (χ1v) is 11.9. The summed E-state index contributed by atoms with van der Waals surface area (Å²) in [6.45, 7) is 5.21. The zero-order valence-electron chi connectivity index (χ0n) is 19.4. The fourth-order valence-electron chi connectivity index (χ4n) is 6.03. The molecule has 5 atom stereocenters. The van der Waals surface area contributed by atoms with Gasteiger partial charge in [0.2, 0.25) is 11.8 Å². The minimum atomic E-state index is -0.0999. The van der Waals surface area contributed by atoms with Gasteiger partial charge in [-0.05, 0) is 49.7 Å². The second kappa shape index (κ2) is 10.0. The zero-order chi connectivity index (χ0) is 22.2. The number of nitrogens with zero attached hydrogens (tertiary/aromatic N) is 3. The molecule has 2 heterocycles. The van der Waals surface area contributed by atoms with Gasteiger partial charge in [0.15, 0.2) is 5.96 Å². The number of guanidine groups is 1. The van der Waals surface area contributed by atoms with Crippen LogP contribution in [0.5, 0.6) is 0 Å². The predicted molar refractivity (Wildman–Crippen MR) is 141 cm³/mol. The Labute approximate surface area is 213 Å². The van der Waals surface area contributed by atoms with Crippen molar-refractivity contribution in [3.8, 4) is 0 Å². The van der Waals surface area contributed by atoms with Crippen LogP contribution in [0.2, 0.25) is 0 Å². The van der Waals surface area contributed by atoms with E-state index in [0.717, 1.165) is 38.3 Å². The van der Waals surface area contributed by atoms with Crippen molar-refractivity contribution in [1.29, 1.82) is 0 Å². The summed E-state index contributed by atoms with van der Waals surface area (Å²) in [5, 5.41) is 6.74. The number of carbonyl (C=O) groups excluding carboxylic acids is 2. The lowest BCUT2D eigenvalue weighted by Crippen LogP contribution is -2.46. The van der Waals surface area contributed by atoms with Crippen molar-refractivity contribution in [2.75, 3.05) is 38.1 Å². The molecule has 5 rings (SSSR count). The maximum atomic E-state index is 12.8. The van der Waals surface area contributed by atoms with Crippen LogP contribution in [0.3, 0.4) is 0 Å². The zero-order valence-corrected chi connectivity index (χ0v) is 21.7. The van der Waals surface area contributed by atoms with Crippen molar-refractivity contribution >= 4 is 47.4 Å². The number of para-hydroxylation sites is 1. The van der Waals surface area contributed by atoms with Crippen molar-refractivity contribution in [2.24, 2.45) is 28.7 Å². The molecule has 178 valence electrons. The molecule has 2 aliphatic carbocycles. The quantitative estimate of drug-likeness (QED) is 0.133.